The average molecular weight is 273 g/mol. The molecule has 0 aliphatic carbocycles. The van der Waals surface area contributed by atoms with Crippen LogP contribution in [0.3, 0.4) is 0 Å². The molecule has 0 fully saturated rings. The standard InChI is InChI=1S/C16H23N3O/c1-5-17-11-12(2)14-18-15(19-20-14)16(3,4)13-9-7-6-8-10-13/h6-10,12,17H,5,11H2,1-4H3. The van der Waals surface area contributed by atoms with Gasteiger partial charge in [0.2, 0.25) is 5.89 Å². The molecular formula is C16H23N3O. The first-order chi connectivity index (χ1) is 9.55. The van der Waals surface area contributed by atoms with Gasteiger partial charge in [0.25, 0.3) is 0 Å². The third-order valence-corrected chi connectivity index (χ3v) is 3.62. The molecule has 4 heteroatoms. The molecule has 0 aliphatic heterocycles. The molecule has 1 heterocycles. The molecule has 0 saturated heterocycles. The summed E-state index contributed by atoms with van der Waals surface area (Å²) in [5.74, 6) is 1.66. The summed E-state index contributed by atoms with van der Waals surface area (Å²) >= 11 is 0. The summed E-state index contributed by atoms with van der Waals surface area (Å²) < 4.78 is 5.43. The summed E-state index contributed by atoms with van der Waals surface area (Å²) in [5.41, 5.74) is 0.938. The molecule has 1 N–H and O–H groups in total. The molecule has 0 aliphatic rings. The van der Waals surface area contributed by atoms with Crippen LogP contribution in [0, 0.1) is 0 Å². The predicted molar refractivity (Wildman–Crippen MR) is 79.8 cm³/mol. The van der Waals surface area contributed by atoms with E-state index in [2.05, 4.69) is 55.3 Å². The van der Waals surface area contributed by atoms with Crippen molar-refractivity contribution < 1.29 is 4.52 Å². The van der Waals surface area contributed by atoms with Crippen LogP contribution in [0.5, 0.6) is 0 Å². The van der Waals surface area contributed by atoms with Crippen LogP contribution >= 0.6 is 0 Å². The van der Waals surface area contributed by atoms with E-state index in [-0.39, 0.29) is 11.3 Å². The molecular weight excluding hydrogens is 250 g/mol. The Hall–Kier alpha value is -1.68. The molecule has 2 aromatic rings. The molecule has 2 rings (SSSR count). The van der Waals surface area contributed by atoms with Crippen LogP contribution in [0.25, 0.3) is 0 Å². The molecule has 108 valence electrons. The van der Waals surface area contributed by atoms with E-state index in [1.165, 1.54) is 5.56 Å². The van der Waals surface area contributed by atoms with E-state index in [9.17, 15) is 0 Å². The van der Waals surface area contributed by atoms with Crippen molar-refractivity contribution in [3.05, 3.63) is 47.6 Å². The highest BCUT2D eigenvalue weighted by molar-refractivity contribution is 5.30. The number of nitrogens with zero attached hydrogens (tertiary/aromatic N) is 2. The van der Waals surface area contributed by atoms with E-state index in [4.69, 9.17) is 4.52 Å². The van der Waals surface area contributed by atoms with Crippen LogP contribution in [0.2, 0.25) is 0 Å². The van der Waals surface area contributed by atoms with Crippen LogP contribution in [0.4, 0.5) is 0 Å². The van der Waals surface area contributed by atoms with Crippen molar-refractivity contribution >= 4 is 0 Å². The Bertz CT molecular complexity index is 534. The monoisotopic (exact) mass is 273 g/mol. The number of aromatic nitrogens is 2. The highest BCUT2D eigenvalue weighted by Gasteiger charge is 2.29. The second-order valence-electron chi connectivity index (χ2n) is 5.66. The molecule has 0 bridgehead atoms. The largest absolute Gasteiger partial charge is 0.339 e. The van der Waals surface area contributed by atoms with Gasteiger partial charge in [-0.25, -0.2) is 0 Å². The van der Waals surface area contributed by atoms with Gasteiger partial charge in [0.15, 0.2) is 5.82 Å². The van der Waals surface area contributed by atoms with Crippen LogP contribution in [-0.2, 0) is 5.41 Å². The third-order valence-electron chi connectivity index (χ3n) is 3.62. The third kappa shape index (κ3) is 3.07. The molecule has 0 spiro atoms. The number of rotatable bonds is 6. The van der Waals surface area contributed by atoms with E-state index in [1.54, 1.807) is 0 Å². The molecule has 0 saturated carbocycles. The maximum absolute atomic E-state index is 5.43. The Balaban J connectivity index is 2.19. The Morgan fingerprint density at radius 3 is 2.60 bits per heavy atom. The minimum atomic E-state index is -0.249. The molecule has 1 aromatic heterocycles. The molecule has 0 amide bonds. The van der Waals surface area contributed by atoms with Gasteiger partial charge in [-0.3, -0.25) is 0 Å². The van der Waals surface area contributed by atoms with E-state index in [1.807, 2.05) is 18.2 Å². The average Bonchev–Trinajstić information content (AvgIpc) is 2.96. The predicted octanol–water partition coefficient (Wildman–Crippen LogP) is 3.11. The van der Waals surface area contributed by atoms with Crippen molar-refractivity contribution in [3.8, 4) is 0 Å². The van der Waals surface area contributed by atoms with Crippen molar-refractivity contribution in [2.24, 2.45) is 0 Å². The number of benzene rings is 1. The van der Waals surface area contributed by atoms with Gasteiger partial charge in [-0.2, -0.15) is 4.98 Å². The molecule has 1 atom stereocenters. The zero-order chi connectivity index (χ0) is 14.6. The zero-order valence-corrected chi connectivity index (χ0v) is 12.7. The number of likely N-dealkylation sites (N-methyl/N-ethyl adjacent to an activating group) is 1. The van der Waals surface area contributed by atoms with Gasteiger partial charge in [-0.1, -0.05) is 49.3 Å². The maximum Gasteiger partial charge on any atom is 0.230 e. The van der Waals surface area contributed by atoms with Gasteiger partial charge < -0.3 is 9.84 Å². The first kappa shape index (κ1) is 14.7. The fraction of sp³-hybridized carbons (Fsp3) is 0.500. The Labute approximate surface area is 120 Å². The molecule has 1 aromatic carbocycles. The minimum absolute atomic E-state index is 0.225. The van der Waals surface area contributed by atoms with Crippen LogP contribution in [-0.4, -0.2) is 23.2 Å². The molecule has 0 radical (unpaired) electrons. The lowest BCUT2D eigenvalue weighted by Crippen LogP contribution is -2.22. The lowest BCUT2D eigenvalue weighted by atomic mass is 9.84. The summed E-state index contributed by atoms with van der Waals surface area (Å²) in [4.78, 5) is 4.59. The smallest absolute Gasteiger partial charge is 0.230 e. The van der Waals surface area contributed by atoms with Crippen molar-refractivity contribution in [1.29, 1.82) is 0 Å². The van der Waals surface area contributed by atoms with Gasteiger partial charge in [-0.15, -0.1) is 0 Å². The lowest BCUT2D eigenvalue weighted by Gasteiger charge is -2.20. The summed E-state index contributed by atoms with van der Waals surface area (Å²) in [7, 11) is 0. The second kappa shape index (κ2) is 6.18. The summed E-state index contributed by atoms with van der Waals surface area (Å²) in [6, 6.07) is 10.3. The van der Waals surface area contributed by atoms with E-state index in [0.29, 0.717) is 5.89 Å². The number of hydrogen-bond donors (Lipinski definition) is 1. The second-order valence-corrected chi connectivity index (χ2v) is 5.66. The van der Waals surface area contributed by atoms with Crippen molar-refractivity contribution in [1.82, 2.24) is 15.5 Å². The van der Waals surface area contributed by atoms with Gasteiger partial charge in [-0.05, 0) is 26.0 Å². The quantitative estimate of drug-likeness (QED) is 0.878. The normalized spacial score (nSPS) is 13.4. The van der Waals surface area contributed by atoms with Crippen molar-refractivity contribution in [3.63, 3.8) is 0 Å². The van der Waals surface area contributed by atoms with Gasteiger partial charge in [0.1, 0.15) is 0 Å². The Kier molecular flexibility index (Phi) is 4.55. The van der Waals surface area contributed by atoms with E-state index < -0.39 is 0 Å². The first-order valence-electron chi connectivity index (χ1n) is 7.16. The fourth-order valence-electron chi connectivity index (χ4n) is 2.12. The summed E-state index contributed by atoms with van der Waals surface area (Å²) in [6.45, 7) is 10.2. The molecule has 20 heavy (non-hydrogen) atoms. The lowest BCUT2D eigenvalue weighted by molar-refractivity contribution is 0.346. The summed E-state index contributed by atoms with van der Waals surface area (Å²) in [6.07, 6.45) is 0. The van der Waals surface area contributed by atoms with E-state index in [0.717, 1.165) is 18.9 Å². The van der Waals surface area contributed by atoms with Gasteiger partial charge in [0, 0.05) is 12.5 Å². The number of nitrogens with one attached hydrogen (secondary N) is 1. The fourth-order valence-corrected chi connectivity index (χ4v) is 2.12. The minimum Gasteiger partial charge on any atom is -0.339 e. The maximum atomic E-state index is 5.43. The SMILES string of the molecule is CCNCC(C)c1nc(C(C)(C)c2ccccc2)no1. The summed E-state index contributed by atoms with van der Waals surface area (Å²) in [5, 5.41) is 7.48. The topological polar surface area (TPSA) is 51.0 Å². The van der Waals surface area contributed by atoms with Crippen LogP contribution in [0.15, 0.2) is 34.9 Å². The van der Waals surface area contributed by atoms with Crippen LogP contribution < -0.4 is 5.32 Å². The highest BCUT2D eigenvalue weighted by Crippen LogP contribution is 2.29. The van der Waals surface area contributed by atoms with Crippen molar-refractivity contribution in [2.75, 3.05) is 13.1 Å². The van der Waals surface area contributed by atoms with E-state index >= 15 is 0 Å². The van der Waals surface area contributed by atoms with Gasteiger partial charge in [0.05, 0.1) is 5.41 Å². The Morgan fingerprint density at radius 1 is 1.25 bits per heavy atom. The zero-order valence-electron chi connectivity index (χ0n) is 12.7. The Morgan fingerprint density at radius 2 is 1.95 bits per heavy atom. The number of hydrogen-bond acceptors (Lipinski definition) is 4. The van der Waals surface area contributed by atoms with Crippen LogP contribution in [0.1, 0.15) is 50.9 Å². The van der Waals surface area contributed by atoms with Gasteiger partial charge >= 0.3 is 0 Å². The molecule has 1 unspecified atom stereocenters. The highest BCUT2D eigenvalue weighted by atomic mass is 16.5. The first-order valence-corrected chi connectivity index (χ1v) is 7.16. The van der Waals surface area contributed by atoms with Crippen molar-refractivity contribution in [2.45, 2.75) is 39.0 Å². The molecule has 4 nitrogen and oxygen atoms in total.